The smallest absolute Gasteiger partial charge is 0.254 e. The van der Waals surface area contributed by atoms with Gasteiger partial charge in [0.15, 0.2) is 5.82 Å². The second kappa shape index (κ2) is 6.65. The molecule has 0 aliphatic carbocycles. The summed E-state index contributed by atoms with van der Waals surface area (Å²) in [6, 6.07) is 3.27. The van der Waals surface area contributed by atoms with Gasteiger partial charge >= 0.3 is 0 Å². The maximum atomic E-state index is 12.7. The van der Waals surface area contributed by atoms with Crippen LogP contribution in [0.1, 0.15) is 47.4 Å². The van der Waals surface area contributed by atoms with Crippen LogP contribution < -0.4 is 0 Å². The minimum absolute atomic E-state index is 0.0291. The van der Waals surface area contributed by atoms with Gasteiger partial charge in [0.1, 0.15) is 12.6 Å². The first kappa shape index (κ1) is 14.6. The Morgan fingerprint density at radius 2 is 2.23 bits per heavy atom. The molecule has 0 saturated carbocycles. The van der Waals surface area contributed by atoms with Crippen molar-refractivity contribution < 1.29 is 14.1 Å². The number of hydrogen-bond acceptors (Lipinski definition) is 6. The van der Waals surface area contributed by atoms with Crippen LogP contribution in [0, 0.1) is 0 Å². The van der Waals surface area contributed by atoms with Crippen molar-refractivity contribution in [1.82, 2.24) is 20.0 Å². The molecule has 0 radical (unpaired) electrons. The zero-order valence-corrected chi connectivity index (χ0v) is 12.4. The summed E-state index contributed by atoms with van der Waals surface area (Å²) in [6.07, 6.45) is 6.08. The number of carbonyl (C=O) groups is 1. The van der Waals surface area contributed by atoms with Crippen molar-refractivity contribution in [2.45, 2.75) is 31.9 Å². The fraction of sp³-hybridized carbons (Fsp3) is 0.467. The molecule has 1 fully saturated rings. The van der Waals surface area contributed by atoms with Crippen molar-refractivity contribution in [2.24, 2.45) is 0 Å². The summed E-state index contributed by atoms with van der Waals surface area (Å²) < 4.78 is 10.3. The van der Waals surface area contributed by atoms with E-state index < -0.39 is 0 Å². The van der Waals surface area contributed by atoms with Gasteiger partial charge in [0.2, 0.25) is 5.89 Å². The summed E-state index contributed by atoms with van der Waals surface area (Å²) in [7, 11) is 1.58. The van der Waals surface area contributed by atoms with Gasteiger partial charge in [-0.2, -0.15) is 4.98 Å². The van der Waals surface area contributed by atoms with Crippen LogP contribution in [0.4, 0.5) is 0 Å². The Hall–Kier alpha value is -2.28. The third-order valence-electron chi connectivity index (χ3n) is 3.73. The fourth-order valence-electron chi connectivity index (χ4n) is 2.68. The van der Waals surface area contributed by atoms with Crippen molar-refractivity contribution in [2.75, 3.05) is 13.7 Å². The number of hydrogen-bond donors (Lipinski definition) is 0. The lowest BCUT2D eigenvalue weighted by Crippen LogP contribution is -2.38. The second-order valence-corrected chi connectivity index (χ2v) is 5.23. The Labute approximate surface area is 128 Å². The number of amides is 1. The molecule has 1 atom stereocenters. The molecular formula is C15H18N4O3. The number of nitrogens with zero attached hydrogens (tertiary/aromatic N) is 4. The lowest BCUT2D eigenvalue weighted by molar-refractivity contribution is 0.0561. The zero-order valence-electron chi connectivity index (χ0n) is 12.4. The summed E-state index contributed by atoms with van der Waals surface area (Å²) in [4.78, 5) is 22.8. The van der Waals surface area contributed by atoms with E-state index in [9.17, 15) is 4.79 Å². The standard InChI is InChI=1S/C15H18N4O3/c1-21-10-13-17-14(22-18-13)12-4-2-3-9-19(12)15(20)11-5-7-16-8-6-11/h5-8,12H,2-4,9-10H2,1H3/t12-/m0/s1. The Balaban J connectivity index is 1.83. The third kappa shape index (κ3) is 2.99. The first-order valence-electron chi connectivity index (χ1n) is 7.32. The maximum Gasteiger partial charge on any atom is 0.254 e. The molecule has 1 saturated heterocycles. The Kier molecular flexibility index (Phi) is 4.43. The van der Waals surface area contributed by atoms with Crippen LogP contribution >= 0.6 is 0 Å². The van der Waals surface area contributed by atoms with E-state index in [0.717, 1.165) is 19.3 Å². The summed E-state index contributed by atoms with van der Waals surface area (Å²) in [5.41, 5.74) is 0.624. The van der Waals surface area contributed by atoms with Gasteiger partial charge in [-0.1, -0.05) is 5.16 Å². The third-order valence-corrected chi connectivity index (χ3v) is 3.73. The van der Waals surface area contributed by atoms with Crippen LogP contribution in [0.5, 0.6) is 0 Å². The Bertz CT molecular complexity index is 629. The van der Waals surface area contributed by atoms with Crippen LogP contribution in [0.2, 0.25) is 0 Å². The average Bonchev–Trinajstić information content (AvgIpc) is 3.04. The van der Waals surface area contributed by atoms with Crippen LogP contribution in [-0.2, 0) is 11.3 Å². The molecule has 1 amide bonds. The summed E-state index contributed by atoms with van der Waals surface area (Å²) in [5.74, 6) is 0.951. The number of pyridine rings is 1. The number of aromatic nitrogens is 3. The fourth-order valence-corrected chi connectivity index (χ4v) is 2.68. The molecule has 0 spiro atoms. The topological polar surface area (TPSA) is 81.4 Å². The van der Waals surface area contributed by atoms with Crippen LogP contribution in [0.15, 0.2) is 29.0 Å². The quantitative estimate of drug-likeness (QED) is 0.859. The van der Waals surface area contributed by atoms with E-state index in [4.69, 9.17) is 9.26 Å². The number of carbonyl (C=O) groups excluding carboxylic acids is 1. The Morgan fingerprint density at radius 3 is 3.00 bits per heavy atom. The zero-order chi connectivity index (χ0) is 15.4. The van der Waals surface area contributed by atoms with E-state index >= 15 is 0 Å². The average molecular weight is 302 g/mol. The molecule has 0 aromatic carbocycles. The number of ether oxygens (including phenoxy) is 1. The molecule has 2 aromatic heterocycles. The molecule has 22 heavy (non-hydrogen) atoms. The predicted octanol–water partition coefficient (Wildman–Crippen LogP) is 1.98. The second-order valence-electron chi connectivity index (χ2n) is 5.23. The molecule has 7 nitrogen and oxygen atoms in total. The van der Waals surface area contributed by atoms with Gasteiger partial charge in [0.05, 0.1) is 0 Å². The van der Waals surface area contributed by atoms with Gasteiger partial charge in [0, 0.05) is 31.6 Å². The highest BCUT2D eigenvalue weighted by atomic mass is 16.5. The molecule has 0 bridgehead atoms. The predicted molar refractivity (Wildman–Crippen MR) is 76.9 cm³/mol. The van der Waals surface area contributed by atoms with Crippen molar-refractivity contribution in [3.63, 3.8) is 0 Å². The minimum Gasteiger partial charge on any atom is -0.377 e. The first-order chi connectivity index (χ1) is 10.8. The summed E-state index contributed by atoms with van der Waals surface area (Å²) in [6.45, 7) is 0.988. The largest absolute Gasteiger partial charge is 0.377 e. The number of likely N-dealkylation sites (tertiary alicyclic amines) is 1. The molecule has 7 heteroatoms. The van der Waals surface area contributed by atoms with Crippen molar-refractivity contribution in [3.05, 3.63) is 41.8 Å². The number of methoxy groups -OCH3 is 1. The minimum atomic E-state index is -0.174. The highest BCUT2D eigenvalue weighted by Gasteiger charge is 2.32. The molecule has 1 aliphatic heterocycles. The van der Waals surface area contributed by atoms with E-state index in [1.165, 1.54) is 0 Å². The summed E-state index contributed by atoms with van der Waals surface area (Å²) in [5, 5.41) is 3.89. The normalized spacial score (nSPS) is 18.4. The molecule has 3 rings (SSSR count). The molecule has 0 unspecified atom stereocenters. The van der Waals surface area contributed by atoms with E-state index in [1.807, 2.05) is 4.90 Å². The molecule has 1 aliphatic rings. The lowest BCUT2D eigenvalue weighted by atomic mass is 10.0. The Morgan fingerprint density at radius 1 is 1.41 bits per heavy atom. The van der Waals surface area contributed by atoms with Crippen molar-refractivity contribution in [1.29, 1.82) is 0 Å². The van der Waals surface area contributed by atoms with Crippen LogP contribution in [0.3, 0.4) is 0 Å². The molecule has 3 heterocycles. The van der Waals surface area contributed by atoms with Gasteiger partial charge in [-0.05, 0) is 31.4 Å². The van der Waals surface area contributed by atoms with Gasteiger partial charge in [-0.3, -0.25) is 9.78 Å². The summed E-state index contributed by atoms with van der Waals surface area (Å²) >= 11 is 0. The number of rotatable bonds is 4. The van der Waals surface area contributed by atoms with Gasteiger partial charge in [-0.15, -0.1) is 0 Å². The van der Waals surface area contributed by atoms with Crippen LogP contribution in [-0.4, -0.2) is 39.6 Å². The monoisotopic (exact) mass is 302 g/mol. The van der Waals surface area contributed by atoms with Crippen molar-refractivity contribution in [3.8, 4) is 0 Å². The highest BCUT2D eigenvalue weighted by Crippen LogP contribution is 2.31. The van der Waals surface area contributed by atoms with E-state index in [-0.39, 0.29) is 11.9 Å². The van der Waals surface area contributed by atoms with E-state index in [0.29, 0.717) is 30.4 Å². The lowest BCUT2D eigenvalue weighted by Gasteiger charge is -2.33. The van der Waals surface area contributed by atoms with E-state index in [2.05, 4.69) is 15.1 Å². The van der Waals surface area contributed by atoms with E-state index in [1.54, 1.807) is 31.6 Å². The van der Waals surface area contributed by atoms with Crippen LogP contribution in [0.25, 0.3) is 0 Å². The highest BCUT2D eigenvalue weighted by molar-refractivity contribution is 5.94. The molecule has 0 N–H and O–H groups in total. The van der Waals surface area contributed by atoms with Crippen molar-refractivity contribution >= 4 is 5.91 Å². The number of piperidine rings is 1. The van der Waals surface area contributed by atoms with Gasteiger partial charge < -0.3 is 14.2 Å². The van der Waals surface area contributed by atoms with Gasteiger partial charge in [-0.25, -0.2) is 0 Å². The van der Waals surface area contributed by atoms with Gasteiger partial charge in [0.25, 0.3) is 5.91 Å². The maximum absolute atomic E-state index is 12.7. The first-order valence-corrected chi connectivity index (χ1v) is 7.32. The molecule has 116 valence electrons. The SMILES string of the molecule is COCc1noc([C@@H]2CCCCN2C(=O)c2ccncc2)n1. The molecular weight excluding hydrogens is 284 g/mol. The molecule has 2 aromatic rings.